The van der Waals surface area contributed by atoms with Crippen molar-refractivity contribution in [1.29, 1.82) is 0 Å². The molecule has 27 heavy (non-hydrogen) atoms. The monoisotopic (exact) mass is 493 g/mol. The molecule has 1 heterocycles. The third kappa shape index (κ3) is 4.24. The molecule has 0 saturated carbocycles. The Balaban J connectivity index is 0.00000261. The number of rotatable bonds is 3. The molecule has 144 valence electrons. The molecule has 0 aliphatic heterocycles. The van der Waals surface area contributed by atoms with Gasteiger partial charge in [0.15, 0.2) is 5.17 Å². The predicted molar refractivity (Wildman–Crippen MR) is 115 cm³/mol. The largest absolute Gasteiger partial charge is 1.00 e. The van der Waals surface area contributed by atoms with Crippen LogP contribution in [0.4, 0.5) is 5.69 Å². The maximum Gasteiger partial charge on any atom is 0.214 e. The van der Waals surface area contributed by atoms with E-state index in [0.717, 1.165) is 10.9 Å². The second kappa shape index (κ2) is 9.24. The molecule has 0 aliphatic carbocycles. The van der Waals surface area contributed by atoms with E-state index in [-0.39, 0.29) is 24.0 Å². The van der Waals surface area contributed by atoms with Gasteiger partial charge >= 0.3 is 0 Å². The highest BCUT2D eigenvalue weighted by molar-refractivity contribution is 8.13. The summed E-state index contributed by atoms with van der Waals surface area (Å²) in [4.78, 5) is 7.60. The Morgan fingerprint density at radius 1 is 0.889 bits per heavy atom. The summed E-state index contributed by atoms with van der Waals surface area (Å²) < 4.78 is 2.26. The van der Waals surface area contributed by atoms with Crippen LogP contribution in [0.25, 0.3) is 21.8 Å². The van der Waals surface area contributed by atoms with Gasteiger partial charge in [0.1, 0.15) is 7.05 Å². The van der Waals surface area contributed by atoms with E-state index in [1.807, 2.05) is 0 Å². The van der Waals surface area contributed by atoms with Crippen molar-refractivity contribution < 1.29 is 28.5 Å². The highest BCUT2D eigenvalue weighted by atomic mass is 127. The van der Waals surface area contributed by atoms with E-state index in [9.17, 15) is 0 Å². The summed E-state index contributed by atoms with van der Waals surface area (Å²) in [5.74, 6) is 0. The van der Waals surface area contributed by atoms with Crippen molar-refractivity contribution in [2.75, 3.05) is 6.26 Å². The number of halogens is 1. The molecule has 0 N–H and O–H groups in total. The molecule has 2 aromatic carbocycles. The molecular weight excluding hydrogens is 465 g/mol. The van der Waals surface area contributed by atoms with E-state index in [0.29, 0.717) is 12.1 Å². The first-order valence-electron chi connectivity index (χ1n) is 9.16. The Kier molecular flexibility index (Phi) is 7.51. The minimum Gasteiger partial charge on any atom is -1.00 e. The third-order valence-corrected chi connectivity index (χ3v) is 5.43. The van der Waals surface area contributed by atoms with Crippen LogP contribution in [-0.2, 0) is 7.05 Å². The van der Waals surface area contributed by atoms with Crippen molar-refractivity contribution >= 4 is 44.4 Å². The fourth-order valence-electron chi connectivity index (χ4n) is 3.67. The number of benzene rings is 2. The van der Waals surface area contributed by atoms with Gasteiger partial charge in [0.05, 0.1) is 16.5 Å². The van der Waals surface area contributed by atoms with Gasteiger partial charge < -0.3 is 28.9 Å². The fraction of sp³-hybridized carbons (Fsp3) is 0.364. The molecule has 5 heteroatoms. The summed E-state index contributed by atoms with van der Waals surface area (Å²) >= 11 is 1.72. The van der Waals surface area contributed by atoms with Gasteiger partial charge in [-0.3, -0.25) is 0 Å². The molecule has 1 aromatic heterocycles. The number of hydrogen-bond donors (Lipinski definition) is 0. The average molecular weight is 493 g/mol. The summed E-state index contributed by atoms with van der Waals surface area (Å²) in [5.41, 5.74) is 3.46. The summed E-state index contributed by atoms with van der Waals surface area (Å²) in [6.07, 6.45) is 2.11. The lowest BCUT2D eigenvalue weighted by molar-refractivity contribution is -0.617. The summed E-state index contributed by atoms with van der Waals surface area (Å²) in [5, 5.41) is 3.44. The third-order valence-electron chi connectivity index (χ3n) is 4.76. The summed E-state index contributed by atoms with van der Waals surface area (Å²) in [6.45, 7) is 8.92. The van der Waals surface area contributed by atoms with Crippen LogP contribution >= 0.6 is 11.8 Å². The van der Waals surface area contributed by atoms with Crippen molar-refractivity contribution in [2.24, 2.45) is 12.0 Å². The lowest BCUT2D eigenvalue weighted by atomic mass is 10.1. The summed E-state index contributed by atoms with van der Waals surface area (Å²) in [7, 11) is 2.13. The fourth-order valence-corrected chi connectivity index (χ4v) is 4.49. The van der Waals surface area contributed by atoms with Crippen LogP contribution < -0.4 is 28.5 Å². The maximum atomic E-state index is 5.21. The van der Waals surface area contributed by atoms with Gasteiger partial charge in [-0.1, -0.05) is 36.0 Å². The standard InChI is InChI=1S/C22H28N3S.HI/c1-15(2)25(16(3)4)22(26-6)23-21-17-11-7-9-13-19(17)24(5)20-14-10-8-12-18(20)21;/h7-16H,1-6H3;1H/q+1;/p-1. The number of pyridine rings is 1. The number of hydrogen-bond acceptors (Lipinski definition) is 2. The van der Waals surface area contributed by atoms with Crippen molar-refractivity contribution in [3.05, 3.63) is 48.5 Å². The van der Waals surface area contributed by atoms with E-state index in [1.165, 1.54) is 21.8 Å². The van der Waals surface area contributed by atoms with Gasteiger partial charge in [0.2, 0.25) is 11.0 Å². The van der Waals surface area contributed by atoms with Gasteiger partial charge in [0.25, 0.3) is 0 Å². The Bertz CT molecular complexity index is 901. The van der Waals surface area contributed by atoms with E-state index >= 15 is 0 Å². The van der Waals surface area contributed by atoms with Crippen LogP contribution in [0.3, 0.4) is 0 Å². The zero-order valence-electron chi connectivity index (χ0n) is 16.9. The topological polar surface area (TPSA) is 19.5 Å². The molecule has 3 aromatic rings. The van der Waals surface area contributed by atoms with Gasteiger partial charge in [-0.25, -0.2) is 4.99 Å². The maximum absolute atomic E-state index is 5.21. The van der Waals surface area contributed by atoms with Crippen LogP contribution in [-0.4, -0.2) is 28.4 Å². The number of fused-ring (bicyclic) bond motifs is 2. The molecule has 0 saturated heterocycles. The molecular formula is C22H28IN3S. The smallest absolute Gasteiger partial charge is 0.214 e. The van der Waals surface area contributed by atoms with E-state index in [2.05, 4.69) is 99.0 Å². The molecule has 3 rings (SSSR count). The second-order valence-corrected chi connectivity index (χ2v) is 7.91. The molecule has 0 atom stereocenters. The van der Waals surface area contributed by atoms with Gasteiger partial charge in [-0.2, -0.15) is 4.57 Å². The van der Waals surface area contributed by atoms with E-state index in [1.54, 1.807) is 11.8 Å². The van der Waals surface area contributed by atoms with Crippen LogP contribution in [0, 0.1) is 0 Å². The van der Waals surface area contributed by atoms with Crippen molar-refractivity contribution in [3.8, 4) is 0 Å². The average Bonchev–Trinajstić information content (AvgIpc) is 2.63. The minimum atomic E-state index is 0. The molecule has 0 aliphatic rings. The van der Waals surface area contributed by atoms with Crippen molar-refractivity contribution in [1.82, 2.24) is 4.90 Å². The molecule has 0 amide bonds. The number of aliphatic imine (C=N–C) groups is 1. The Hall–Kier alpha value is -1.34. The van der Waals surface area contributed by atoms with Crippen LogP contribution in [0.5, 0.6) is 0 Å². The van der Waals surface area contributed by atoms with Crippen LogP contribution in [0.1, 0.15) is 27.7 Å². The first-order valence-corrected chi connectivity index (χ1v) is 10.4. The van der Waals surface area contributed by atoms with Crippen molar-refractivity contribution in [3.63, 3.8) is 0 Å². The first-order chi connectivity index (χ1) is 12.5. The van der Waals surface area contributed by atoms with Gasteiger partial charge in [-0.15, -0.1) is 0 Å². The SMILES string of the molecule is CSC(=Nc1c2ccccc2[n+](C)c2ccccc12)N(C(C)C)C(C)C.[I-]. The lowest BCUT2D eigenvalue weighted by Crippen LogP contribution is -3.00. The Morgan fingerprint density at radius 3 is 1.74 bits per heavy atom. The van der Waals surface area contributed by atoms with Crippen LogP contribution in [0.2, 0.25) is 0 Å². The predicted octanol–water partition coefficient (Wildman–Crippen LogP) is 2.29. The molecule has 0 spiro atoms. The Labute approximate surface area is 183 Å². The number of aromatic nitrogens is 1. The molecule has 0 unspecified atom stereocenters. The quantitative estimate of drug-likeness (QED) is 0.184. The lowest BCUT2D eigenvalue weighted by Gasteiger charge is -2.33. The number of amidine groups is 1. The van der Waals surface area contributed by atoms with E-state index < -0.39 is 0 Å². The molecule has 0 radical (unpaired) electrons. The number of para-hydroxylation sites is 2. The normalized spacial score (nSPS) is 12.1. The van der Waals surface area contributed by atoms with Gasteiger partial charge in [-0.05, 0) is 46.1 Å². The highest BCUT2D eigenvalue weighted by Crippen LogP contribution is 2.33. The summed E-state index contributed by atoms with van der Waals surface area (Å²) in [6, 6.07) is 17.9. The second-order valence-electron chi connectivity index (χ2n) is 7.14. The highest BCUT2D eigenvalue weighted by Gasteiger charge is 2.21. The van der Waals surface area contributed by atoms with Gasteiger partial charge in [0, 0.05) is 24.2 Å². The number of thioether (sulfide) groups is 1. The molecule has 3 nitrogen and oxygen atoms in total. The molecule has 0 fully saturated rings. The Morgan fingerprint density at radius 2 is 1.33 bits per heavy atom. The van der Waals surface area contributed by atoms with E-state index in [4.69, 9.17) is 4.99 Å². The molecule has 0 bridgehead atoms. The number of nitrogens with zero attached hydrogens (tertiary/aromatic N) is 3. The van der Waals surface area contributed by atoms with Crippen LogP contribution in [0.15, 0.2) is 53.5 Å². The zero-order valence-corrected chi connectivity index (χ0v) is 19.9. The first kappa shape index (κ1) is 22.0. The number of aryl methyl sites for hydroxylation is 1. The zero-order chi connectivity index (χ0) is 18.8. The van der Waals surface area contributed by atoms with Crippen molar-refractivity contribution in [2.45, 2.75) is 39.8 Å². The minimum absolute atomic E-state index is 0.